The lowest BCUT2D eigenvalue weighted by Gasteiger charge is -2.13. The van der Waals surface area contributed by atoms with E-state index in [1.807, 2.05) is 13.0 Å². The summed E-state index contributed by atoms with van der Waals surface area (Å²) in [5.74, 6) is -0.156. The van der Waals surface area contributed by atoms with Gasteiger partial charge in [-0.25, -0.2) is 9.18 Å². The van der Waals surface area contributed by atoms with E-state index in [2.05, 4.69) is 0 Å². The Morgan fingerprint density at radius 3 is 2.56 bits per heavy atom. The van der Waals surface area contributed by atoms with E-state index < -0.39 is 5.97 Å². The Kier molecular flexibility index (Phi) is 7.38. The number of halogens is 1. The summed E-state index contributed by atoms with van der Waals surface area (Å²) in [6.07, 6.45) is 1.42. The van der Waals surface area contributed by atoms with Crippen molar-refractivity contribution in [1.29, 1.82) is 5.26 Å². The van der Waals surface area contributed by atoms with E-state index in [9.17, 15) is 9.18 Å². The molecule has 0 aliphatic heterocycles. The van der Waals surface area contributed by atoms with E-state index in [4.69, 9.17) is 19.5 Å². The summed E-state index contributed by atoms with van der Waals surface area (Å²) < 4.78 is 29.8. The lowest BCUT2D eigenvalue weighted by molar-refractivity contribution is -0.137. The zero-order valence-electron chi connectivity index (χ0n) is 15.2. The normalized spacial score (nSPS) is 10.8. The van der Waals surface area contributed by atoms with Gasteiger partial charge in [0.1, 0.15) is 24.1 Å². The fourth-order valence-corrected chi connectivity index (χ4v) is 2.29. The summed E-state index contributed by atoms with van der Waals surface area (Å²) in [4.78, 5) is 11.7. The van der Waals surface area contributed by atoms with Crippen LogP contribution in [0.15, 0.2) is 48.0 Å². The van der Waals surface area contributed by atoms with E-state index in [-0.39, 0.29) is 24.6 Å². The summed E-state index contributed by atoms with van der Waals surface area (Å²) in [5.41, 5.74) is 0.901. The number of nitriles is 1. The van der Waals surface area contributed by atoms with Crippen molar-refractivity contribution in [3.63, 3.8) is 0 Å². The molecule has 0 N–H and O–H groups in total. The lowest BCUT2D eigenvalue weighted by atomic mass is 10.1. The highest BCUT2D eigenvalue weighted by molar-refractivity contribution is 5.97. The molecule has 2 aromatic carbocycles. The number of carbonyl (C=O) groups is 1. The first kappa shape index (κ1) is 20.0. The van der Waals surface area contributed by atoms with Crippen molar-refractivity contribution in [1.82, 2.24) is 0 Å². The van der Waals surface area contributed by atoms with Crippen molar-refractivity contribution < 1.29 is 23.4 Å². The van der Waals surface area contributed by atoms with E-state index in [1.54, 1.807) is 43.3 Å². The highest BCUT2D eigenvalue weighted by atomic mass is 19.1. The maximum absolute atomic E-state index is 13.7. The van der Waals surface area contributed by atoms with E-state index >= 15 is 0 Å². The average molecular weight is 369 g/mol. The van der Waals surface area contributed by atoms with Gasteiger partial charge in [-0.05, 0) is 43.7 Å². The Morgan fingerprint density at radius 2 is 1.89 bits per heavy atom. The molecular formula is C21H20FNO4. The predicted molar refractivity (Wildman–Crippen MR) is 98.6 cm³/mol. The van der Waals surface area contributed by atoms with Crippen LogP contribution in [0.1, 0.15) is 25.0 Å². The number of hydrogen-bond donors (Lipinski definition) is 0. The van der Waals surface area contributed by atoms with Crippen molar-refractivity contribution in [2.75, 3.05) is 13.2 Å². The minimum Gasteiger partial charge on any atom is -0.490 e. The maximum Gasteiger partial charge on any atom is 0.348 e. The van der Waals surface area contributed by atoms with Crippen LogP contribution in [0.25, 0.3) is 6.08 Å². The Bertz CT molecular complexity index is 871. The molecule has 5 nitrogen and oxygen atoms in total. The van der Waals surface area contributed by atoms with Gasteiger partial charge in [0.05, 0.1) is 13.2 Å². The minimum absolute atomic E-state index is 0.0498. The van der Waals surface area contributed by atoms with E-state index in [1.165, 1.54) is 12.1 Å². The molecule has 0 aromatic heterocycles. The molecule has 0 saturated carbocycles. The third-order valence-electron chi connectivity index (χ3n) is 3.54. The monoisotopic (exact) mass is 369 g/mol. The number of esters is 1. The summed E-state index contributed by atoms with van der Waals surface area (Å²) in [6, 6.07) is 13.2. The first-order valence-electron chi connectivity index (χ1n) is 8.51. The van der Waals surface area contributed by atoms with Gasteiger partial charge in [0.15, 0.2) is 11.5 Å². The van der Waals surface area contributed by atoms with Crippen LogP contribution in [0.2, 0.25) is 0 Å². The SMILES string of the molecule is CCOC(=O)/C(C#N)=C/c1ccc(OCc2ccccc2F)c(OCC)c1. The molecule has 0 aliphatic carbocycles. The van der Waals surface area contributed by atoms with Gasteiger partial charge in [0.2, 0.25) is 0 Å². The van der Waals surface area contributed by atoms with Crippen LogP contribution in [-0.2, 0) is 16.1 Å². The summed E-state index contributed by atoms with van der Waals surface area (Å²) >= 11 is 0. The number of rotatable bonds is 8. The molecule has 2 aromatic rings. The van der Waals surface area contributed by atoms with Crippen molar-refractivity contribution in [2.45, 2.75) is 20.5 Å². The number of benzene rings is 2. The van der Waals surface area contributed by atoms with Crippen LogP contribution < -0.4 is 9.47 Å². The van der Waals surface area contributed by atoms with Gasteiger partial charge in [0.25, 0.3) is 0 Å². The van der Waals surface area contributed by atoms with Gasteiger partial charge < -0.3 is 14.2 Å². The van der Waals surface area contributed by atoms with Crippen molar-refractivity contribution in [2.24, 2.45) is 0 Å². The zero-order valence-corrected chi connectivity index (χ0v) is 15.2. The molecule has 27 heavy (non-hydrogen) atoms. The van der Waals surface area contributed by atoms with Crippen molar-refractivity contribution >= 4 is 12.0 Å². The Labute approximate surface area is 157 Å². The highest BCUT2D eigenvalue weighted by Gasteiger charge is 2.12. The fourth-order valence-electron chi connectivity index (χ4n) is 2.29. The molecule has 0 atom stereocenters. The van der Waals surface area contributed by atoms with E-state index in [0.717, 1.165) is 0 Å². The number of carbonyl (C=O) groups excluding carboxylic acids is 1. The second-order valence-corrected chi connectivity index (χ2v) is 5.41. The van der Waals surface area contributed by atoms with Crippen molar-refractivity contribution in [3.8, 4) is 17.6 Å². The summed E-state index contributed by atoms with van der Waals surface area (Å²) in [5, 5.41) is 9.14. The zero-order chi connectivity index (χ0) is 19.6. The van der Waals surface area contributed by atoms with E-state index in [0.29, 0.717) is 29.2 Å². The molecule has 0 spiro atoms. The van der Waals surface area contributed by atoms with Gasteiger partial charge in [0, 0.05) is 5.56 Å². The maximum atomic E-state index is 13.7. The molecule has 0 radical (unpaired) electrons. The second kappa shape index (κ2) is 9.97. The van der Waals surface area contributed by atoms with Gasteiger partial charge in [-0.2, -0.15) is 5.26 Å². The molecule has 0 bridgehead atoms. The third-order valence-corrected chi connectivity index (χ3v) is 3.54. The number of nitrogens with zero attached hydrogens (tertiary/aromatic N) is 1. The molecule has 0 fully saturated rings. The predicted octanol–water partition coefficient (Wildman–Crippen LogP) is 4.27. The number of ether oxygens (including phenoxy) is 3. The summed E-state index contributed by atoms with van der Waals surface area (Å²) in [6.45, 7) is 4.12. The Hall–Kier alpha value is -3.33. The molecule has 0 heterocycles. The average Bonchev–Trinajstić information content (AvgIpc) is 2.67. The molecule has 140 valence electrons. The fraction of sp³-hybridized carbons (Fsp3) is 0.238. The molecule has 0 saturated heterocycles. The van der Waals surface area contributed by atoms with Crippen LogP contribution >= 0.6 is 0 Å². The topological polar surface area (TPSA) is 68.6 Å². The second-order valence-electron chi connectivity index (χ2n) is 5.41. The third kappa shape index (κ3) is 5.58. The molecule has 0 unspecified atom stereocenters. The van der Waals surface area contributed by atoms with Gasteiger partial charge in [-0.3, -0.25) is 0 Å². The molecule has 2 rings (SSSR count). The standard InChI is InChI=1S/C21H20FNO4/c1-3-25-20-12-15(11-17(13-23)21(24)26-4-2)9-10-19(20)27-14-16-7-5-6-8-18(16)22/h5-12H,3-4,14H2,1-2H3/b17-11+. The van der Waals surface area contributed by atoms with Crippen molar-refractivity contribution in [3.05, 3.63) is 65.0 Å². The molecule has 0 aliphatic rings. The van der Waals surface area contributed by atoms with Crippen LogP contribution in [-0.4, -0.2) is 19.2 Å². The van der Waals surface area contributed by atoms with Gasteiger partial charge >= 0.3 is 5.97 Å². The molecule has 0 amide bonds. The first-order valence-corrected chi connectivity index (χ1v) is 8.51. The molecular weight excluding hydrogens is 349 g/mol. The van der Waals surface area contributed by atoms with Gasteiger partial charge in [-0.15, -0.1) is 0 Å². The highest BCUT2D eigenvalue weighted by Crippen LogP contribution is 2.30. The van der Waals surface area contributed by atoms with Crippen LogP contribution in [0.4, 0.5) is 4.39 Å². The molecule has 6 heteroatoms. The Balaban J connectivity index is 2.24. The Morgan fingerprint density at radius 1 is 1.11 bits per heavy atom. The van der Waals surface area contributed by atoms with Gasteiger partial charge in [-0.1, -0.05) is 24.3 Å². The smallest absolute Gasteiger partial charge is 0.348 e. The lowest BCUT2D eigenvalue weighted by Crippen LogP contribution is -2.06. The number of hydrogen-bond acceptors (Lipinski definition) is 5. The van der Waals surface area contributed by atoms with Crippen LogP contribution in [0.3, 0.4) is 0 Å². The largest absolute Gasteiger partial charge is 0.490 e. The van der Waals surface area contributed by atoms with Crippen LogP contribution in [0.5, 0.6) is 11.5 Å². The quantitative estimate of drug-likeness (QED) is 0.395. The minimum atomic E-state index is -0.683. The van der Waals surface area contributed by atoms with Crippen LogP contribution in [0, 0.1) is 17.1 Å². The summed E-state index contributed by atoms with van der Waals surface area (Å²) in [7, 11) is 0. The first-order chi connectivity index (χ1) is 13.1.